The van der Waals surface area contributed by atoms with Crippen LogP contribution in [0.2, 0.25) is 0 Å². The fourth-order valence-electron chi connectivity index (χ4n) is 3.33. The Balaban J connectivity index is 2.81. The molecule has 0 heterocycles. The second-order valence-corrected chi connectivity index (χ2v) is 6.62. The number of aliphatic carboxylic acids is 1. The molecular weight excluding hydrogens is 268 g/mol. The van der Waals surface area contributed by atoms with Gasteiger partial charge < -0.3 is 15.3 Å². The number of hydrogen-bond donors (Lipinski definition) is 2. The molecule has 21 heavy (non-hydrogen) atoms. The van der Waals surface area contributed by atoms with E-state index in [0.29, 0.717) is 5.92 Å². The van der Waals surface area contributed by atoms with Crippen molar-refractivity contribution in [3.05, 3.63) is 0 Å². The number of nitrogens with zero attached hydrogens (tertiary/aromatic N) is 1. The van der Waals surface area contributed by atoms with Crippen LogP contribution in [-0.4, -0.2) is 40.6 Å². The average Bonchev–Trinajstić information content (AvgIpc) is 2.43. The Labute approximate surface area is 128 Å². The van der Waals surface area contributed by atoms with Gasteiger partial charge in [0.2, 0.25) is 0 Å². The maximum Gasteiger partial charge on any atom is 0.317 e. The Kier molecular flexibility index (Phi) is 6.49. The van der Waals surface area contributed by atoms with E-state index in [1.54, 1.807) is 11.9 Å². The van der Waals surface area contributed by atoms with E-state index in [9.17, 15) is 14.7 Å². The highest BCUT2D eigenvalue weighted by molar-refractivity contribution is 5.77. The van der Waals surface area contributed by atoms with E-state index in [1.165, 1.54) is 0 Å². The lowest BCUT2D eigenvalue weighted by atomic mass is 9.78. The summed E-state index contributed by atoms with van der Waals surface area (Å²) in [7, 11) is 1.75. The van der Waals surface area contributed by atoms with Gasteiger partial charge in [0.1, 0.15) is 0 Å². The van der Waals surface area contributed by atoms with Gasteiger partial charge in [0, 0.05) is 13.1 Å². The fraction of sp³-hybridized carbons (Fsp3) is 0.875. The molecule has 1 unspecified atom stereocenters. The van der Waals surface area contributed by atoms with Crippen molar-refractivity contribution in [3.63, 3.8) is 0 Å². The molecule has 1 rings (SSSR count). The predicted octanol–water partition coefficient (Wildman–Crippen LogP) is 3.24. The van der Waals surface area contributed by atoms with Crippen molar-refractivity contribution >= 4 is 12.0 Å². The van der Waals surface area contributed by atoms with E-state index in [0.717, 1.165) is 38.5 Å². The number of carbonyl (C=O) groups is 2. The van der Waals surface area contributed by atoms with Crippen LogP contribution in [0.15, 0.2) is 0 Å². The molecule has 1 fully saturated rings. The molecule has 2 N–H and O–H groups in total. The lowest BCUT2D eigenvalue weighted by Crippen LogP contribution is -2.57. The quantitative estimate of drug-likeness (QED) is 0.791. The molecule has 2 amide bonds. The van der Waals surface area contributed by atoms with Crippen molar-refractivity contribution in [1.82, 2.24) is 10.2 Å². The summed E-state index contributed by atoms with van der Waals surface area (Å²) in [6.07, 6.45) is 5.58. The van der Waals surface area contributed by atoms with Gasteiger partial charge in [0.15, 0.2) is 0 Å². The summed E-state index contributed by atoms with van der Waals surface area (Å²) in [5.74, 6) is -0.457. The number of carbonyl (C=O) groups excluding carboxylic acids is 1. The average molecular weight is 298 g/mol. The number of carboxylic acid groups (broad SMARTS) is 1. The van der Waals surface area contributed by atoms with Crippen molar-refractivity contribution in [2.75, 3.05) is 7.05 Å². The van der Waals surface area contributed by atoms with Crippen LogP contribution in [0.5, 0.6) is 0 Å². The minimum absolute atomic E-state index is 0.0371. The third-order valence-corrected chi connectivity index (χ3v) is 4.83. The second kappa shape index (κ2) is 7.66. The molecular formula is C16H30N2O3. The lowest BCUT2D eigenvalue weighted by molar-refractivity contribution is -0.140. The molecule has 5 heteroatoms. The van der Waals surface area contributed by atoms with E-state index in [2.05, 4.69) is 26.1 Å². The highest BCUT2D eigenvalue weighted by Gasteiger charge is 2.40. The van der Waals surface area contributed by atoms with E-state index in [-0.39, 0.29) is 18.5 Å². The van der Waals surface area contributed by atoms with Crippen LogP contribution in [-0.2, 0) is 4.79 Å². The standard InChI is InChI=1S/C16H30N2O3/c1-5-13(12(2)3)17-15(21)18(4)16(11-14(19)20)9-7-6-8-10-16/h12-13H,5-11H2,1-4H3,(H,17,21)(H,19,20). The summed E-state index contributed by atoms with van der Waals surface area (Å²) in [6, 6.07) is -0.0101. The molecule has 0 spiro atoms. The van der Waals surface area contributed by atoms with Crippen molar-refractivity contribution < 1.29 is 14.7 Å². The molecule has 1 aliphatic rings. The Morgan fingerprint density at radius 1 is 1.24 bits per heavy atom. The zero-order valence-electron chi connectivity index (χ0n) is 13.8. The largest absolute Gasteiger partial charge is 0.481 e. The lowest BCUT2D eigenvalue weighted by Gasteiger charge is -2.44. The molecule has 122 valence electrons. The molecule has 1 atom stereocenters. The Bertz CT molecular complexity index is 363. The molecule has 0 aliphatic heterocycles. The van der Waals surface area contributed by atoms with Gasteiger partial charge in [-0.05, 0) is 25.2 Å². The molecule has 0 radical (unpaired) electrons. The van der Waals surface area contributed by atoms with Crippen LogP contribution in [0.4, 0.5) is 4.79 Å². The number of rotatable bonds is 6. The Morgan fingerprint density at radius 3 is 2.24 bits per heavy atom. The highest BCUT2D eigenvalue weighted by atomic mass is 16.4. The second-order valence-electron chi connectivity index (χ2n) is 6.62. The van der Waals surface area contributed by atoms with Crippen LogP contribution in [0.1, 0.15) is 65.7 Å². The topological polar surface area (TPSA) is 69.6 Å². The summed E-state index contributed by atoms with van der Waals surface area (Å²) in [5, 5.41) is 12.3. The molecule has 0 aromatic carbocycles. The number of nitrogens with one attached hydrogen (secondary N) is 1. The van der Waals surface area contributed by atoms with Crippen molar-refractivity contribution in [1.29, 1.82) is 0 Å². The van der Waals surface area contributed by atoms with Gasteiger partial charge in [-0.3, -0.25) is 4.79 Å². The van der Waals surface area contributed by atoms with Gasteiger partial charge in [-0.15, -0.1) is 0 Å². The summed E-state index contributed by atoms with van der Waals surface area (Å²) in [5.41, 5.74) is -0.524. The molecule has 0 bridgehead atoms. The zero-order valence-corrected chi connectivity index (χ0v) is 13.8. The normalized spacial score (nSPS) is 19.1. The zero-order chi connectivity index (χ0) is 16.0. The first kappa shape index (κ1) is 17.8. The Hall–Kier alpha value is -1.26. The maximum absolute atomic E-state index is 12.5. The fourth-order valence-corrected chi connectivity index (χ4v) is 3.33. The molecule has 0 saturated heterocycles. The summed E-state index contributed by atoms with van der Waals surface area (Å²) in [6.45, 7) is 6.22. The van der Waals surface area contributed by atoms with Crippen molar-refractivity contribution in [2.45, 2.75) is 77.3 Å². The van der Waals surface area contributed by atoms with E-state index in [1.807, 2.05) is 0 Å². The Morgan fingerprint density at radius 2 is 1.81 bits per heavy atom. The number of hydrogen-bond acceptors (Lipinski definition) is 2. The SMILES string of the molecule is CCC(NC(=O)N(C)C1(CC(=O)O)CCCCC1)C(C)C. The van der Waals surface area contributed by atoms with Gasteiger partial charge in [-0.2, -0.15) is 0 Å². The third-order valence-electron chi connectivity index (χ3n) is 4.83. The highest BCUT2D eigenvalue weighted by Crippen LogP contribution is 2.36. The first-order valence-corrected chi connectivity index (χ1v) is 8.08. The first-order chi connectivity index (χ1) is 9.82. The summed E-state index contributed by atoms with van der Waals surface area (Å²) >= 11 is 0. The van der Waals surface area contributed by atoms with E-state index >= 15 is 0 Å². The summed E-state index contributed by atoms with van der Waals surface area (Å²) < 4.78 is 0. The minimum Gasteiger partial charge on any atom is -0.481 e. The van der Waals surface area contributed by atoms with Gasteiger partial charge in [0.05, 0.1) is 12.0 Å². The van der Waals surface area contributed by atoms with Crippen LogP contribution in [0.3, 0.4) is 0 Å². The minimum atomic E-state index is -0.826. The number of urea groups is 1. The molecule has 0 aromatic rings. The third kappa shape index (κ3) is 4.61. The van der Waals surface area contributed by atoms with E-state index < -0.39 is 11.5 Å². The number of carboxylic acids is 1. The molecule has 1 aliphatic carbocycles. The maximum atomic E-state index is 12.5. The number of amides is 2. The smallest absolute Gasteiger partial charge is 0.317 e. The van der Waals surface area contributed by atoms with Gasteiger partial charge >= 0.3 is 12.0 Å². The molecule has 1 saturated carbocycles. The predicted molar refractivity (Wildman–Crippen MR) is 83.3 cm³/mol. The molecule has 5 nitrogen and oxygen atoms in total. The molecule has 0 aromatic heterocycles. The van der Waals surface area contributed by atoms with Crippen LogP contribution in [0.25, 0.3) is 0 Å². The monoisotopic (exact) mass is 298 g/mol. The van der Waals surface area contributed by atoms with Gasteiger partial charge in [-0.1, -0.05) is 40.0 Å². The summed E-state index contributed by atoms with van der Waals surface area (Å²) in [4.78, 5) is 25.4. The van der Waals surface area contributed by atoms with Crippen LogP contribution in [0, 0.1) is 5.92 Å². The van der Waals surface area contributed by atoms with Crippen LogP contribution < -0.4 is 5.32 Å². The van der Waals surface area contributed by atoms with Gasteiger partial charge in [0.25, 0.3) is 0 Å². The van der Waals surface area contributed by atoms with E-state index in [4.69, 9.17) is 0 Å². The van der Waals surface area contributed by atoms with Crippen LogP contribution >= 0.6 is 0 Å². The van der Waals surface area contributed by atoms with Crippen molar-refractivity contribution in [3.8, 4) is 0 Å². The van der Waals surface area contributed by atoms with Gasteiger partial charge in [-0.25, -0.2) is 4.79 Å². The van der Waals surface area contributed by atoms with Crippen molar-refractivity contribution in [2.24, 2.45) is 5.92 Å². The first-order valence-electron chi connectivity index (χ1n) is 8.08.